The zero-order valence-electron chi connectivity index (χ0n) is 8.00. The van der Waals surface area contributed by atoms with Crippen LogP contribution in [0.15, 0.2) is 12.7 Å². The Morgan fingerprint density at radius 1 is 1.54 bits per heavy atom. The van der Waals surface area contributed by atoms with Crippen LogP contribution in [0, 0.1) is 0 Å². The van der Waals surface area contributed by atoms with Gasteiger partial charge < -0.3 is 10.1 Å². The van der Waals surface area contributed by atoms with Gasteiger partial charge in [-0.15, -0.1) is 0 Å². The van der Waals surface area contributed by atoms with Gasteiger partial charge in [0.15, 0.2) is 6.10 Å². The fourth-order valence-corrected chi connectivity index (χ4v) is 0.799. The first-order valence-corrected chi connectivity index (χ1v) is 4.26. The minimum absolute atomic E-state index is 0.264. The molecular formula is C9H15NO3. The highest BCUT2D eigenvalue weighted by atomic mass is 16.5. The molecule has 0 rings (SSSR count). The Kier molecular flexibility index (Phi) is 5.59. The Morgan fingerprint density at radius 2 is 2.15 bits per heavy atom. The van der Waals surface area contributed by atoms with Crippen LogP contribution >= 0.6 is 0 Å². The van der Waals surface area contributed by atoms with Crippen molar-refractivity contribution in [3.8, 4) is 0 Å². The number of hydrogen-bond donors (Lipinski definition) is 1. The maximum Gasteiger partial charge on any atom is 0.330 e. The van der Waals surface area contributed by atoms with Gasteiger partial charge in [0.05, 0.1) is 0 Å². The molecule has 13 heavy (non-hydrogen) atoms. The second-order valence-corrected chi connectivity index (χ2v) is 2.43. The van der Waals surface area contributed by atoms with Gasteiger partial charge in [0.2, 0.25) is 0 Å². The van der Waals surface area contributed by atoms with Crippen molar-refractivity contribution in [2.75, 3.05) is 6.54 Å². The lowest BCUT2D eigenvalue weighted by atomic mass is 10.2. The molecule has 0 heterocycles. The molecule has 0 aromatic rings. The molecule has 1 amide bonds. The smallest absolute Gasteiger partial charge is 0.330 e. The van der Waals surface area contributed by atoms with Crippen molar-refractivity contribution in [1.29, 1.82) is 0 Å². The highest BCUT2D eigenvalue weighted by molar-refractivity contribution is 5.87. The maximum atomic E-state index is 11.2. The van der Waals surface area contributed by atoms with Crippen LogP contribution in [0.4, 0.5) is 0 Å². The molecule has 0 saturated heterocycles. The fraction of sp³-hybridized carbons (Fsp3) is 0.556. The van der Waals surface area contributed by atoms with Crippen LogP contribution in [0.3, 0.4) is 0 Å². The van der Waals surface area contributed by atoms with Crippen LogP contribution in [0.1, 0.15) is 20.3 Å². The summed E-state index contributed by atoms with van der Waals surface area (Å²) in [5.41, 5.74) is 0. The lowest BCUT2D eigenvalue weighted by molar-refractivity contribution is -0.151. The van der Waals surface area contributed by atoms with E-state index in [0.717, 1.165) is 6.08 Å². The van der Waals surface area contributed by atoms with Gasteiger partial charge in [-0.3, -0.25) is 4.79 Å². The van der Waals surface area contributed by atoms with E-state index in [9.17, 15) is 9.59 Å². The van der Waals surface area contributed by atoms with E-state index in [0.29, 0.717) is 13.0 Å². The van der Waals surface area contributed by atoms with Gasteiger partial charge in [0.1, 0.15) is 0 Å². The average molecular weight is 185 g/mol. The van der Waals surface area contributed by atoms with Crippen molar-refractivity contribution in [3.05, 3.63) is 12.7 Å². The lowest BCUT2D eigenvalue weighted by Gasteiger charge is -2.13. The summed E-state index contributed by atoms with van der Waals surface area (Å²) in [6.07, 6.45) is 0.804. The van der Waals surface area contributed by atoms with E-state index in [2.05, 4.69) is 11.9 Å². The molecule has 0 aliphatic heterocycles. The predicted octanol–water partition coefficient (Wildman–Crippen LogP) is 0.630. The Bertz CT molecular complexity index is 201. The quantitative estimate of drug-likeness (QED) is 0.505. The third-order valence-electron chi connectivity index (χ3n) is 1.44. The number of carbonyl (C=O) groups excluding carboxylic acids is 2. The number of rotatable bonds is 5. The number of hydrogen-bond acceptors (Lipinski definition) is 3. The van der Waals surface area contributed by atoms with E-state index in [-0.39, 0.29) is 5.91 Å². The normalized spacial score (nSPS) is 11.5. The number of ether oxygens (including phenoxy) is 1. The van der Waals surface area contributed by atoms with Gasteiger partial charge in [-0.2, -0.15) is 0 Å². The first-order chi connectivity index (χ1) is 6.15. The number of amides is 1. The summed E-state index contributed by atoms with van der Waals surface area (Å²) in [4.78, 5) is 22.0. The monoisotopic (exact) mass is 185 g/mol. The molecule has 0 fully saturated rings. The van der Waals surface area contributed by atoms with Crippen LogP contribution in [-0.4, -0.2) is 24.5 Å². The van der Waals surface area contributed by atoms with E-state index in [4.69, 9.17) is 4.74 Å². The van der Waals surface area contributed by atoms with Crippen LogP contribution < -0.4 is 5.32 Å². The van der Waals surface area contributed by atoms with E-state index in [1.807, 2.05) is 0 Å². The second kappa shape index (κ2) is 6.22. The molecule has 0 aliphatic carbocycles. The van der Waals surface area contributed by atoms with Gasteiger partial charge >= 0.3 is 5.97 Å². The van der Waals surface area contributed by atoms with E-state index in [1.54, 1.807) is 13.8 Å². The zero-order chi connectivity index (χ0) is 10.3. The first kappa shape index (κ1) is 11.7. The average Bonchev–Trinajstić information content (AvgIpc) is 2.14. The summed E-state index contributed by atoms with van der Waals surface area (Å²) >= 11 is 0. The summed E-state index contributed by atoms with van der Waals surface area (Å²) in [6.45, 7) is 7.36. The molecular weight excluding hydrogens is 170 g/mol. The molecule has 74 valence electrons. The topological polar surface area (TPSA) is 55.4 Å². The van der Waals surface area contributed by atoms with Crippen molar-refractivity contribution >= 4 is 11.9 Å². The highest BCUT2D eigenvalue weighted by Crippen LogP contribution is 1.98. The third kappa shape index (κ3) is 4.30. The van der Waals surface area contributed by atoms with Crippen LogP contribution in [-0.2, 0) is 14.3 Å². The predicted molar refractivity (Wildman–Crippen MR) is 49.1 cm³/mol. The van der Waals surface area contributed by atoms with Gasteiger partial charge in [-0.05, 0) is 13.3 Å². The minimum atomic E-state index is -0.703. The molecule has 0 aromatic heterocycles. The number of carbonyl (C=O) groups is 2. The third-order valence-corrected chi connectivity index (χ3v) is 1.44. The number of esters is 1. The second-order valence-electron chi connectivity index (χ2n) is 2.43. The molecule has 0 aromatic carbocycles. The summed E-state index contributed by atoms with van der Waals surface area (Å²) in [5, 5.41) is 2.58. The van der Waals surface area contributed by atoms with E-state index >= 15 is 0 Å². The highest BCUT2D eigenvalue weighted by Gasteiger charge is 2.18. The summed E-state index contributed by atoms with van der Waals surface area (Å²) < 4.78 is 4.79. The molecule has 4 nitrogen and oxygen atoms in total. The molecule has 0 radical (unpaired) electrons. The van der Waals surface area contributed by atoms with Crippen molar-refractivity contribution in [2.45, 2.75) is 26.4 Å². The standard InChI is InChI=1S/C9H15NO3/c1-4-7(9(12)10-6-3)13-8(11)5-2/h5,7H,2,4,6H2,1,3H3,(H,10,12). The molecule has 1 N–H and O–H groups in total. The van der Waals surface area contributed by atoms with Gasteiger partial charge in [0.25, 0.3) is 5.91 Å². The molecule has 0 aliphatic rings. The van der Waals surface area contributed by atoms with Crippen molar-refractivity contribution in [3.63, 3.8) is 0 Å². The fourth-order valence-electron chi connectivity index (χ4n) is 0.799. The van der Waals surface area contributed by atoms with Crippen LogP contribution in [0.5, 0.6) is 0 Å². The van der Waals surface area contributed by atoms with Gasteiger partial charge in [-0.1, -0.05) is 13.5 Å². The summed E-state index contributed by atoms with van der Waals surface area (Å²) in [6, 6.07) is 0. The molecule has 1 atom stereocenters. The summed E-state index contributed by atoms with van der Waals surface area (Å²) in [5.74, 6) is -0.835. The molecule has 1 unspecified atom stereocenters. The SMILES string of the molecule is C=CC(=O)OC(CC)C(=O)NCC. The Balaban J connectivity index is 4.08. The molecule has 0 bridgehead atoms. The minimum Gasteiger partial charge on any atom is -0.449 e. The Hall–Kier alpha value is -1.32. The van der Waals surface area contributed by atoms with Gasteiger partial charge in [0, 0.05) is 12.6 Å². The van der Waals surface area contributed by atoms with E-state index in [1.165, 1.54) is 0 Å². The Morgan fingerprint density at radius 3 is 2.54 bits per heavy atom. The van der Waals surface area contributed by atoms with Crippen molar-refractivity contribution < 1.29 is 14.3 Å². The summed E-state index contributed by atoms with van der Waals surface area (Å²) in [7, 11) is 0. The lowest BCUT2D eigenvalue weighted by Crippen LogP contribution is -2.36. The molecule has 0 saturated carbocycles. The van der Waals surface area contributed by atoms with Crippen molar-refractivity contribution in [1.82, 2.24) is 5.32 Å². The molecule has 4 heteroatoms. The van der Waals surface area contributed by atoms with E-state index < -0.39 is 12.1 Å². The number of likely N-dealkylation sites (N-methyl/N-ethyl adjacent to an activating group) is 1. The largest absolute Gasteiger partial charge is 0.449 e. The first-order valence-electron chi connectivity index (χ1n) is 4.26. The Labute approximate surface area is 78.0 Å². The van der Waals surface area contributed by atoms with Crippen LogP contribution in [0.25, 0.3) is 0 Å². The van der Waals surface area contributed by atoms with Crippen LogP contribution in [0.2, 0.25) is 0 Å². The number of nitrogens with one attached hydrogen (secondary N) is 1. The zero-order valence-corrected chi connectivity index (χ0v) is 8.00. The maximum absolute atomic E-state index is 11.2. The van der Waals surface area contributed by atoms with Crippen molar-refractivity contribution in [2.24, 2.45) is 0 Å². The van der Waals surface area contributed by atoms with Gasteiger partial charge in [-0.25, -0.2) is 4.79 Å². The molecule has 0 spiro atoms.